The normalized spacial score (nSPS) is 36.7. The highest BCUT2D eigenvalue weighted by Crippen LogP contribution is 2.42. The lowest BCUT2D eigenvalue weighted by Gasteiger charge is -2.29. The van der Waals surface area contributed by atoms with E-state index in [1.165, 1.54) is 0 Å². The Morgan fingerprint density at radius 2 is 1.93 bits per heavy atom. The molecule has 0 spiro atoms. The predicted octanol–water partition coefficient (Wildman–Crippen LogP) is 3.24. The molecule has 4 rings (SSSR count). The quantitative estimate of drug-likeness (QED) is 0.786. The minimum absolute atomic E-state index is 0.231. The molecule has 3 aliphatic heterocycles. The lowest BCUT2D eigenvalue weighted by molar-refractivity contribution is -0.236. The van der Waals surface area contributed by atoms with Gasteiger partial charge in [0, 0.05) is 0 Å². The summed E-state index contributed by atoms with van der Waals surface area (Å²) in [6.45, 7) is 12.3. The van der Waals surface area contributed by atoms with Crippen molar-refractivity contribution in [1.29, 1.82) is 0 Å². The monoisotopic (exact) mass is 376 g/mol. The molecule has 148 valence electrons. The zero-order chi connectivity index (χ0) is 19.2. The minimum Gasteiger partial charge on any atom is -0.368 e. The first-order valence-corrected chi connectivity index (χ1v) is 9.42. The van der Waals surface area contributed by atoms with Gasteiger partial charge in [-0.15, -0.1) is 0 Å². The van der Waals surface area contributed by atoms with E-state index in [2.05, 4.69) is 12.6 Å². The van der Waals surface area contributed by atoms with E-state index in [4.69, 9.17) is 28.4 Å². The lowest BCUT2D eigenvalue weighted by Crippen LogP contribution is -2.44. The molecule has 0 aliphatic carbocycles. The Balaban J connectivity index is 1.50. The summed E-state index contributed by atoms with van der Waals surface area (Å²) in [4.78, 5) is 0. The third-order valence-electron chi connectivity index (χ3n) is 5.05. The molecule has 0 bridgehead atoms. The van der Waals surface area contributed by atoms with E-state index in [0.717, 1.165) is 11.1 Å². The Hall–Kier alpha value is -1.28. The summed E-state index contributed by atoms with van der Waals surface area (Å²) in [7, 11) is 0. The fraction of sp³-hybridized carbons (Fsp3) is 0.619. The highest BCUT2D eigenvalue weighted by Gasteiger charge is 2.58. The van der Waals surface area contributed by atoms with Crippen LogP contribution in [0, 0.1) is 0 Å². The summed E-state index contributed by atoms with van der Waals surface area (Å²) >= 11 is 0. The maximum absolute atomic E-state index is 6.29. The molecule has 0 saturated carbocycles. The number of hydrogen-bond acceptors (Lipinski definition) is 6. The molecule has 27 heavy (non-hydrogen) atoms. The molecule has 6 heteroatoms. The van der Waals surface area contributed by atoms with Crippen molar-refractivity contribution in [3.8, 4) is 0 Å². The smallest absolute Gasteiger partial charge is 0.190 e. The highest BCUT2D eigenvalue weighted by atomic mass is 16.8. The number of benzene rings is 1. The molecule has 0 N–H and O–H groups in total. The zero-order valence-corrected chi connectivity index (χ0v) is 16.3. The van der Waals surface area contributed by atoms with E-state index in [1.807, 2.05) is 52.0 Å². The summed E-state index contributed by atoms with van der Waals surface area (Å²) < 4.78 is 36.2. The Kier molecular flexibility index (Phi) is 4.91. The first kappa shape index (κ1) is 19.1. The molecule has 3 aliphatic rings. The van der Waals surface area contributed by atoms with Crippen molar-refractivity contribution in [2.24, 2.45) is 0 Å². The standard InChI is InChI=1S/C21H28O6/c1-6-13-8-7-9-14(10-13)11-22-17-16(15-12-23-20(2,3)25-15)24-19-18(17)26-21(4,5)27-19/h6-10,15-19H,1,11-12H2,2-5H3/t15-,16-,17+,18-,19-/m1/s1. The van der Waals surface area contributed by atoms with Gasteiger partial charge in [0.2, 0.25) is 0 Å². The van der Waals surface area contributed by atoms with Crippen LogP contribution in [0.25, 0.3) is 6.08 Å². The summed E-state index contributed by atoms with van der Waals surface area (Å²) in [5, 5.41) is 0. The molecule has 3 fully saturated rings. The van der Waals surface area contributed by atoms with Crippen LogP contribution in [0.4, 0.5) is 0 Å². The van der Waals surface area contributed by atoms with Gasteiger partial charge in [-0.05, 0) is 44.9 Å². The first-order chi connectivity index (χ1) is 12.8. The zero-order valence-electron chi connectivity index (χ0n) is 16.3. The predicted molar refractivity (Wildman–Crippen MR) is 98.7 cm³/mol. The van der Waals surface area contributed by atoms with Gasteiger partial charge in [-0.25, -0.2) is 0 Å². The Labute approximate surface area is 160 Å². The molecule has 0 radical (unpaired) electrons. The number of rotatable bonds is 5. The molecule has 5 atom stereocenters. The third-order valence-corrected chi connectivity index (χ3v) is 5.05. The van der Waals surface area contributed by atoms with Crippen LogP contribution in [-0.2, 0) is 35.0 Å². The molecule has 0 aromatic heterocycles. The SMILES string of the molecule is C=Cc1cccc(CO[C@@H]2[C@H]3OC(C)(C)O[C@H]3O[C@@H]2[C@H]2COC(C)(C)O2)c1. The van der Waals surface area contributed by atoms with E-state index in [-0.39, 0.29) is 24.4 Å². The second kappa shape index (κ2) is 6.95. The Morgan fingerprint density at radius 3 is 2.63 bits per heavy atom. The van der Waals surface area contributed by atoms with Crippen LogP contribution >= 0.6 is 0 Å². The van der Waals surface area contributed by atoms with Crippen molar-refractivity contribution in [1.82, 2.24) is 0 Å². The van der Waals surface area contributed by atoms with Gasteiger partial charge in [0.15, 0.2) is 17.9 Å². The molecular weight excluding hydrogens is 348 g/mol. The fourth-order valence-electron chi connectivity index (χ4n) is 3.87. The van der Waals surface area contributed by atoms with Crippen molar-refractivity contribution in [3.63, 3.8) is 0 Å². The topological polar surface area (TPSA) is 55.4 Å². The number of hydrogen-bond donors (Lipinski definition) is 0. The first-order valence-electron chi connectivity index (χ1n) is 9.42. The van der Waals surface area contributed by atoms with Gasteiger partial charge in [-0.3, -0.25) is 0 Å². The van der Waals surface area contributed by atoms with Crippen LogP contribution in [0.15, 0.2) is 30.8 Å². The van der Waals surface area contributed by atoms with E-state index < -0.39 is 17.9 Å². The molecule has 0 amide bonds. The van der Waals surface area contributed by atoms with Crippen molar-refractivity contribution in [2.45, 2.75) is 76.6 Å². The third kappa shape index (κ3) is 3.97. The highest BCUT2D eigenvalue weighted by molar-refractivity contribution is 5.47. The van der Waals surface area contributed by atoms with Gasteiger partial charge >= 0.3 is 0 Å². The van der Waals surface area contributed by atoms with Gasteiger partial charge in [0.25, 0.3) is 0 Å². The molecule has 6 nitrogen and oxygen atoms in total. The second-order valence-corrected chi connectivity index (χ2v) is 8.16. The molecule has 0 unspecified atom stereocenters. The Bertz CT molecular complexity index is 700. The van der Waals surface area contributed by atoms with Gasteiger partial charge in [0.1, 0.15) is 24.4 Å². The maximum Gasteiger partial charge on any atom is 0.190 e. The summed E-state index contributed by atoms with van der Waals surface area (Å²) in [5.74, 6) is -1.33. The number of fused-ring (bicyclic) bond motifs is 1. The van der Waals surface area contributed by atoms with E-state index in [1.54, 1.807) is 0 Å². The number of ether oxygens (including phenoxy) is 6. The fourth-order valence-corrected chi connectivity index (χ4v) is 3.87. The van der Waals surface area contributed by atoms with Crippen LogP contribution < -0.4 is 0 Å². The molecule has 1 aromatic rings. The summed E-state index contributed by atoms with van der Waals surface area (Å²) in [6.07, 6.45) is 0.183. The molecule has 3 heterocycles. The van der Waals surface area contributed by atoms with Crippen LogP contribution in [0.2, 0.25) is 0 Å². The maximum atomic E-state index is 6.29. The summed E-state index contributed by atoms with van der Waals surface area (Å²) in [5.41, 5.74) is 2.13. The average molecular weight is 376 g/mol. The average Bonchev–Trinajstić information content (AvgIpc) is 3.22. The van der Waals surface area contributed by atoms with Gasteiger partial charge in [-0.2, -0.15) is 0 Å². The molecule has 1 aromatic carbocycles. The van der Waals surface area contributed by atoms with Crippen molar-refractivity contribution in [2.75, 3.05) is 6.61 Å². The van der Waals surface area contributed by atoms with Gasteiger partial charge < -0.3 is 28.4 Å². The Morgan fingerprint density at radius 1 is 1.11 bits per heavy atom. The molecule has 3 saturated heterocycles. The van der Waals surface area contributed by atoms with Gasteiger partial charge in [0.05, 0.1) is 13.2 Å². The second-order valence-electron chi connectivity index (χ2n) is 8.16. The van der Waals surface area contributed by atoms with Crippen molar-refractivity contribution in [3.05, 3.63) is 42.0 Å². The lowest BCUT2D eigenvalue weighted by atomic mass is 10.1. The van der Waals surface area contributed by atoms with Gasteiger partial charge in [-0.1, -0.05) is 30.9 Å². The van der Waals surface area contributed by atoms with Crippen molar-refractivity contribution < 1.29 is 28.4 Å². The van der Waals surface area contributed by atoms with Crippen LogP contribution in [0.3, 0.4) is 0 Å². The molecular formula is C21H28O6. The largest absolute Gasteiger partial charge is 0.368 e. The van der Waals surface area contributed by atoms with E-state index >= 15 is 0 Å². The van der Waals surface area contributed by atoms with E-state index in [9.17, 15) is 0 Å². The minimum atomic E-state index is -0.697. The van der Waals surface area contributed by atoms with E-state index in [0.29, 0.717) is 13.2 Å². The van der Waals surface area contributed by atoms with Crippen LogP contribution in [-0.4, -0.2) is 48.9 Å². The van der Waals surface area contributed by atoms with Crippen LogP contribution in [0.1, 0.15) is 38.8 Å². The van der Waals surface area contributed by atoms with Crippen molar-refractivity contribution >= 4 is 6.08 Å². The summed E-state index contributed by atoms with van der Waals surface area (Å²) in [6, 6.07) is 8.10. The van der Waals surface area contributed by atoms with Crippen LogP contribution in [0.5, 0.6) is 0 Å².